The van der Waals surface area contributed by atoms with Gasteiger partial charge in [0.1, 0.15) is 159 Å². The van der Waals surface area contributed by atoms with E-state index in [4.69, 9.17) is 66.3 Å². The van der Waals surface area contributed by atoms with Crippen LogP contribution in [0.1, 0.15) is 248 Å². The molecule has 0 saturated carbocycles. The van der Waals surface area contributed by atoms with E-state index in [0.717, 1.165) is 105 Å². The van der Waals surface area contributed by atoms with Gasteiger partial charge in [-0.1, -0.05) is 181 Å². The summed E-state index contributed by atoms with van der Waals surface area (Å²) in [7, 11) is 0. The Hall–Kier alpha value is -5.72. The van der Waals surface area contributed by atoms with Crippen LogP contribution in [0.3, 0.4) is 0 Å². The number of carboxylic acid groups (broad SMARTS) is 3. The number of carboxylic acids is 3. The molecule has 7 heterocycles. The first-order valence-electron chi connectivity index (χ1n) is 52.1. The van der Waals surface area contributed by atoms with E-state index < -0.39 is 369 Å². The Kier molecular flexibility index (Phi) is 55.6. The third-order valence-electron chi connectivity index (χ3n) is 28.2. The minimum absolute atomic E-state index is 0.0438. The van der Waals surface area contributed by atoms with Crippen molar-refractivity contribution in [1.29, 1.82) is 0 Å². The van der Waals surface area contributed by atoms with Gasteiger partial charge >= 0.3 is 17.9 Å². The zero-order valence-electron chi connectivity index (χ0n) is 85.7. The van der Waals surface area contributed by atoms with E-state index in [-0.39, 0.29) is 12.8 Å². The van der Waals surface area contributed by atoms with Crippen molar-refractivity contribution in [3.8, 4) is 0 Å². The Labute approximate surface area is 864 Å². The van der Waals surface area contributed by atoms with Gasteiger partial charge in [-0.3, -0.25) is 24.0 Å². The molecule has 0 unspecified atom stereocenters. The van der Waals surface area contributed by atoms with E-state index in [1.54, 1.807) is 0 Å². The monoisotopic (exact) mass is 2160 g/mol. The van der Waals surface area contributed by atoms with Gasteiger partial charge < -0.3 is 226 Å². The normalized spacial score (nSPS) is 35.4. The Morgan fingerprint density at radius 3 is 1.11 bits per heavy atom. The molecule has 7 saturated heterocycles. The average molecular weight is 2160 g/mol. The maximum absolute atomic E-state index is 14.3. The first kappa shape index (κ1) is 130. The lowest BCUT2D eigenvalue weighted by Crippen LogP contribution is -2.73. The van der Waals surface area contributed by atoms with Gasteiger partial charge in [0.05, 0.1) is 101 Å². The van der Waals surface area contributed by atoms with E-state index in [2.05, 4.69) is 47.4 Å². The number of carbonyl (C=O) groups is 8. The zero-order chi connectivity index (χ0) is 111. The molecule has 866 valence electrons. The van der Waals surface area contributed by atoms with Crippen LogP contribution in [-0.4, -0.2) is 483 Å². The topological polar surface area (TPSA) is 852 Å². The summed E-state index contributed by atoms with van der Waals surface area (Å²) in [5, 5.41) is 309. The van der Waals surface area contributed by atoms with Crippen molar-refractivity contribution in [2.24, 2.45) is 5.92 Å². The second-order valence-electron chi connectivity index (χ2n) is 40.5. The van der Waals surface area contributed by atoms with Crippen molar-refractivity contribution >= 4 is 47.4 Å². The summed E-state index contributed by atoms with van der Waals surface area (Å²) in [6, 6.07) is -9.64. The Morgan fingerprint density at radius 1 is 0.356 bits per heavy atom. The molecule has 7 fully saturated rings. The van der Waals surface area contributed by atoms with E-state index in [1.807, 2.05) is 0 Å². The third kappa shape index (κ3) is 36.7. The molecule has 0 aliphatic carbocycles. The fourth-order valence-electron chi connectivity index (χ4n) is 19.9. The zero-order valence-corrected chi connectivity index (χ0v) is 85.7. The Bertz CT molecular complexity index is 3940. The van der Waals surface area contributed by atoms with E-state index in [0.29, 0.717) is 18.8 Å². The van der Waals surface area contributed by atoms with Crippen LogP contribution in [0.2, 0.25) is 0 Å². The van der Waals surface area contributed by atoms with Crippen LogP contribution in [0.5, 0.6) is 0 Å². The molecule has 0 bridgehead atoms. The number of aliphatic carboxylic acids is 3. The molecule has 0 aromatic heterocycles. The number of hydrogen-bond donors (Lipinski definition) is 31. The smallest absolute Gasteiger partial charge is 0.364 e. The van der Waals surface area contributed by atoms with Crippen LogP contribution in [0.4, 0.5) is 0 Å². The third-order valence-corrected chi connectivity index (χ3v) is 28.2. The van der Waals surface area contributed by atoms with Gasteiger partial charge in [0.15, 0.2) is 25.2 Å². The summed E-state index contributed by atoms with van der Waals surface area (Å²) in [4.78, 5) is 108. The quantitative estimate of drug-likeness (QED) is 0.0252. The number of unbranched alkanes of at least 4 members (excludes halogenated alkanes) is 23. The molecular formula is C96H169N5O48. The van der Waals surface area contributed by atoms with E-state index >= 15 is 0 Å². The van der Waals surface area contributed by atoms with Crippen molar-refractivity contribution < 1.29 is 237 Å². The van der Waals surface area contributed by atoms with Gasteiger partial charge in [0.2, 0.25) is 29.5 Å². The molecule has 0 radical (unpaired) electrons. The lowest BCUT2D eigenvalue weighted by atomic mass is 9.87. The van der Waals surface area contributed by atoms with Crippen LogP contribution in [0.15, 0.2) is 0 Å². The van der Waals surface area contributed by atoms with Crippen LogP contribution in [0, 0.1) is 5.92 Å². The SMILES string of the molecule is CCCCCCCCCCCCCCCCCC(=O)N[C@@H](CO[C@@H]1O[C@H](CO)[C@@H](O[C@@H]2O[C@H](CO)[C@H](O)[C@H](O[C@@H]3O[C@H](CO)[C@H](O)[C@H](O[C@]4(C(=O)O)C[C@H](O)[C@@H](NC(C)=O)[C@H]([C@H](O)[C@@H](CO)O[C@@H]5O[C@H](CO)[C@H](O[C@]6(C(=O)O)C[C@H](O)[C@@H](NC(C)=O)[C@H]([C@H](O)[C@H](O)CO)O6)[C@H](O[C@]6(C(=O)O)C[C@H](O)[C@@H](NC(C)=O)[C@H]([C@H](O)[C@H](O)CO)O6)[C@H]5O)O4)[C@H]3NC(C)=O)[C@H]2O)[C@H](O)[C@H]1O)[C@H](O)[C@H](O)CCCCCCCCCCCCC(C)C. The van der Waals surface area contributed by atoms with Crippen molar-refractivity contribution in [2.75, 3.05) is 52.9 Å². The van der Waals surface area contributed by atoms with Gasteiger partial charge in [-0.2, -0.15) is 0 Å². The van der Waals surface area contributed by atoms with Crippen molar-refractivity contribution in [2.45, 2.75) is 497 Å². The van der Waals surface area contributed by atoms with Crippen molar-refractivity contribution in [3.63, 3.8) is 0 Å². The number of aliphatic hydroxyl groups is 23. The van der Waals surface area contributed by atoms with Gasteiger partial charge in [-0.15, -0.1) is 0 Å². The number of aliphatic hydroxyl groups excluding tert-OH is 23. The molecule has 149 heavy (non-hydrogen) atoms. The highest BCUT2D eigenvalue weighted by molar-refractivity contribution is 5.79. The largest absolute Gasteiger partial charge is 0.477 e. The first-order chi connectivity index (χ1) is 70.6. The minimum Gasteiger partial charge on any atom is -0.477 e. The molecule has 5 amide bonds. The molecule has 7 rings (SSSR count). The second kappa shape index (κ2) is 63.6. The Morgan fingerprint density at radius 2 is 0.705 bits per heavy atom. The first-order valence-corrected chi connectivity index (χ1v) is 52.1. The predicted molar refractivity (Wildman–Crippen MR) is 507 cm³/mol. The highest BCUT2D eigenvalue weighted by Crippen LogP contribution is 2.46. The van der Waals surface area contributed by atoms with E-state index in [9.17, 15) is 171 Å². The number of rotatable bonds is 67. The second-order valence-corrected chi connectivity index (χ2v) is 40.5. The number of amides is 5. The summed E-state index contributed by atoms with van der Waals surface area (Å²) in [6.07, 6.45) is -53.8. The number of ether oxygens (including phenoxy) is 14. The lowest BCUT2D eigenvalue weighted by Gasteiger charge is -2.53. The lowest BCUT2D eigenvalue weighted by molar-refractivity contribution is -0.404. The van der Waals surface area contributed by atoms with Crippen LogP contribution < -0.4 is 26.6 Å². The van der Waals surface area contributed by atoms with Crippen LogP contribution in [0.25, 0.3) is 0 Å². The highest BCUT2D eigenvalue weighted by atomic mass is 16.8. The van der Waals surface area contributed by atoms with Gasteiger partial charge in [-0.05, 0) is 18.8 Å². The molecule has 7 aliphatic rings. The molecule has 0 aromatic rings. The molecule has 31 N–H and O–H groups in total. The fraction of sp³-hybridized carbons (Fsp3) is 0.917. The number of hydrogen-bond acceptors (Lipinski definition) is 45. The molecule has 53 nitrogen and oxygen atoms in total. The van der Waals surface area contributed by atoms with Gasteiger partial charge in [0.25, 0.3) is 17.4 Å². The molecule has 53 heteroatoms. The van der Waals surface area contributed by atoms with Crippen LogP contribution >= 0.6 is 0 Å². The maximum atomic E-state index is 14.3. The highest BCUT2D eigenvalue weighted by Gasteiger charge is 2.67. The fourth-order valence-corrected chi connectivity index (χ4v) is 19.9. The van der Waals surface area contributed by atoms with Crippen molar-refractivity contribution in [1.82, 2.24) is 26.6 Å². The Balaban J connectivity index is 1.14. The maximum Gasteiger partial charge on any atom is 0.364 e. The van der Waals surface area contributed by atoms with Gasteiger partial charge in [0, 0.05) is 53.4 Å². The van der Waals surface area contributed by atoms with E-state index in [1.165, 1.54) is 77.0 Å². The van der Waals surface area contributed by atoms with Crippen molar-refractivity contribution in [3.05, 3.63) is 0 Å². The molecule has 0 spiro atoms. The minimum atomic E-state index is -3.68. The molecular weight excluding hydrogens is 1990 g/mol. The van der Waals surface area contributed by atoms with Crippen LogP contribution in [-0.2, 0) is 105 Å². The summed E-state index contributed by atoms with van der Waals surface area (Å²) in [5.74, 6) is -22.0. The molecule has 0 aromatic carbocycles. The number of carbonyl (C=O) groups excluding carboxylic acids is 5. The summed E-state index contributed by atoms with van der Waals surface area (Å²) in [6.45, 7) is -0.0869. The predicted octanol–water partition coefficient (Wildman–Crippen LogP) is -7.25. The number of nitrogens with one attached hydrogen (secondary N) is 5. The average Bonchev–Trinajstić information content (AvgIpc) is 0.742. The molecule has 41 atom stereocenters. The summed E-state index contributed by atoms with van der Waals surface area (Å²) >= 11 is 0. The summed E-state index contributed by atoms with van der Waals surface area (Å²) < 4.78 is 83.7. The standard InChI is InChI=1S/C96H169N5O48/c1-8-9-10-11-12-13-14-15-16-17-18-23-26-29-32-35-64(119)101-52(69(120)53(113)34-31-28-25-22-20-19-21-24-27-30-33-47(2)3)46-136-88-76(127)75(126)79(62(44-107)140-88)142-90-77(128)85(74(125)61(43-106)139-90)143-87-68(100-51(7)112)84(73(124)59(41-104)137-87)148-95(92(132)133)37-56(116)67(99-50(6)111)83(147-95)72(123)60(42-105)138-89-78(129)86(149-96(93(134)135)38-55(115)66(98-49(5)110)82(146-96)71(122)58(118)40-103)80(63(45-108)141-89)144-94(91(130)131)36-54(114)65(97-48(4)109)81(145-94)70(121)57(117)39-102/h47,52-63,65-90,102-108,113-118,120-129H,8-46H2,1-7H3,(H,97,109)(H,98,110)(H,99,111)(H,100,112)(H,101,119)(H,130,131)(H,132,133)(H,134,135)/t52-,53+,54-,55-,56-,57+,58+,59+,60+,61+,62+,63+,65+,66+,67+,68+,69-,70+,71+,72+,73-,74-,75+,76+,77+,78+,79+,80-,81+,82+,83+,84+,85-,86+,87-,88+,89+,90-,94+,95-,96-/m0/s1. The summed E-state index contributed by atoms with van der Waals surface area (Å²) in [5.41, 5.74) is 0. The van der Waals surface area contributed by atoms with Gasteiger partial charge in [-0.25, -0.2) is 14.4 Å². The molecule has 7 aliphatic heterocycles.